The zero-order chi connectivity index (χ0) is 13.9. The van der Waals surface area contributed by atoms with E-state index in [0.717, 1.165) is 16.8 Å². The lowest BCUT2D eigenvalue weighted by Gasteiger charge is -2.21. The van der Waals surface area contributed by atoms with Crippen LogP contribution in [0.5, 0.6) is 0 Å². The zero-order valence-electron chi connectivity index (χ0n) is 11.5. The molecule has 0 heterocycles. The first-order valence-corrected chi connectivity index (χ1v) is 5.76. The third-order valence-corrected chi connectivity index (χ3v) is 3.12. The smallest absolute Gasteiger partial charge is 0.320 e. The molecule has 18 heavy (non-hydrogen) atoms. The van der Waals surface area contributed by atoms with Crippen molar-refractivity contribution in [3.05, 3.63) is 29.3 Å². The number of hydrogen-bond donors (Lipinski definition) is 1. The first kappa shape index (κ1) is 14.2. The topological polar surface area (TPSA) is 55.4 Å². The van der Waals surface area contributed by atoms with Gasteiger partial charge in [0.05, 0.1) is 7.11 Å². The second kappa shape index (κ2) is 5.21. The summed E-state index contributed by atoms with van der Waals surface area (Å²) in [5.41, 5.74) is 1.59. The molecule has 1 rings (SSSR count). The van der Waals surface area contributed by atoms with E-state index in [4.69, 9.17) is 0 Å². The Hall–Kier alpha value is -1.84. The maximum atomic E-state index is 12.1. The summed E-state index contributed by atoms with van der Waals surface area (Å²) in [7, 11) is 1.27. The van der Waals surface area contributed by atoms with Crippen LogP contribution in [0.1, 0.15) is 25.0 Å². The monoisotopic (exact) mass is 249 g/mol. The predicted octanol–water partition coefficient (Wildman–Crippen LogP) is 2.44. The lowest BCUT2D eigenvalue weighted by molar-refractivity contribution is -0.154. The molecule has 1 N–H and O–H groups in total. The lowest BCUT2D eigenvalue weighted by atomic mass is 9.92. The third kappa shape index (κ3) is 2.70. The number of benzene rings is 1. The molecular formula is C14H19NO3. The average Bonchev–Trinajstić information content (AvgIpc) is 2.33. The van der Waals surface area contributed by atoms with Gasteiger partial charge in [0, 0.05) is 5.69 Å². The van der Waals surface area contributed by atoms with Gasteiger partial charge in [-0.3, -0.25) is 9.59 Å². The van der Waals surface area contributed by atoms with Gasteiger partial charge in [0.1, 0.15) is 5.41 Å². The summed E-state index contributed by atoms with van der Waals surface area (Å²) in [6.07, 6.45) is 0. The number of carbonyl (C=O) groups is 2. The number of nitrogens with one attached hydrogen (secondary N) is 1. The van der Waals surface area contributed by atoms with Gasteiger partial charge in [0.2, 0.25) is 5.91 Å². The van der Waals surface area contributed by atoms with Gasteiger partial charge in [-0.25, -0.2) is 0 Å². The molecule has 0 saturated heterocycles. The molecule has 0 radical (unpaired) electrons. The molecule has 0 aliphatic carbocycles. The highest BCUT2D eigenvalue weighted by Crippen LogP contribution is 2.23. The van der Waals surface area contributed by atoms with Gasteiger partial charge in [0.25, 0.3) is 0 Å². The summed E-state index contributed by atoms with van der Waals surface area (Å²) in [5.74, 6) is -0.923. The maximum Gasteiger partial charge on any atom is 0.320 e. The minimum atomic E-state index is -1.20. The number of amides is 1. The fourth-order valence-electron chi connectivity index (χ4n) is 1.51. The average molecular weight is 249 g/mol. The molecule has 0 atom stereocenters. The highest BCUT2D eigenvalue weighted by atomic mass is 16.5. The minimum Gasteiger partial charge on any atom is -0.468 e. The van der Waals surface area contributed by atoms with Gasteiger partial charge in [-0.1, -0.05) is 12.1 Å². The van der Waals surface area contributed by atoms with E-state index in [9.17, 15) is 9.59 Å². The van der Waals surface area contributed by atoms with Gasteiger partial charge >= 0.3 is 5.97 Å². The van der Waals surface area contributed by atoms with Crippen LogP contribution in [0.4, 0.5) is 5.69 Å². The number of ether oxygens (including phenoxy) is 1. The Labute approximate surface area is 107 Å². The molecule has 0 aliphatic heterocycles. The van der Waals surface area contributed by atoms with Crippen LogP contribution in [0.3, 0.4) is 0 Å². The van der Waals surface area contributed by atoms with E-state index in [0.29, 0.717) is 0 Å². The molecule has 4 nitrogen and oxygen atoms in total. The van der Waals surface area contributed by atoms with E-state index < -0.39 is 11.4 Å². The summed E-state index contributed by atoms with van der Waals surface area (Å²) in [5, 5.41) is 2.77. The normalized spacial score (nSPS) is 10.9. The van der Waals surface area contributed by atoms with Gasteiger partial charge in [-0.05, 0) is 44.9 Å². The van der Waals surface area contributed by atoms with Crippen LogP contribution in [0, 0.1) is 19.3 Å². The minimum absolute atomic E-state index is 0.372. The third-order valence-electron chi connectivity index (χ3n) is 3.12. The van der Waals surface area contributed by atoms with Gasteiger partial charge in [-0.2, -0.15) is 0 Å². The lowest BCUT2D eigenvalue weighted by Crippen LogP contribution is -2.39. The fraction of sp³-hybridized carbons (Fsp3) is 0.429. The first-order valence-electron chi connectivity index (χ1n) is 5.76. The molecule has 0 saturated carbocycles. The van der Waals surface area contributed by atoms with Crippen molar-refractivity contribution < 1.29 is 14.3 Å². The van der Waals surface area contributed by atoms with Crippen molar-refractivity contribution in [1.29, 1.82) is 0 Å². The van der Waals surface area contributed by atoms with E-state index in [2.05, 4.69) is 10.1 Å². The summed E-state index contributed by atoms with van der Waals surface area (Å²) < 4.78 is 4.63. The predicted molar refractivity (Wildman–Crippen MR) is 70.3 cm³/mol. The molecule has 0 aliphatic rings. The van der Waals surface area contributed by atoms with Crippen molar-refractivity contribution in [3.8, 4) is 0 Å². The van der Waals surface area contributed by atoms with Crippen LogP contribution >= 0.6 is 0 Å². The second-order valence-corrected chi connectivity index (χ2v) is 4.82. The van der Waals surface area contributed by atoms with Crippen molar-refractivity contribution in [1.82, 2.24) is 0 Å². The Morgan fingerprint density at radius 1 is 1.22 bits per heavy atom. The molecule has 0 aromatic heterocycles. The van der Waals surface area contributed by atoms with E-state index in [1.54, 1.807) is 13.8 Å². The molecule has 0 unspecified atom stereocenters. The molecule has 0 fully saturated rings. The highest BCUT2D eigenvalue weighted by Gasteiger charge is 2.37. The summed E-state index contributed by atoms with van der Waals surface area (Å²) in [4.78, 5) is 23.6. The number of methoxy groups -OCH3 is 1. The van der Waals surface area contributed by atoms with Crippen LogP contribution in [0.2, 0.25) is 0 Å². The second-order valence-electron chi connectivity index (χ2n) is 4.82. The molecule has 98 valence electrons. The number of esters is 1. The van der Waals surface area contributed by atoms with Crippen LogP contribution in [-0.4, -0.2) is 19.0 Å². The Morgan fingerprint density at radius 2 is 1.83 bits per heavy atom. The van der Waals surface area contributed by atoms with Crippen LogP contribution in [0.25, 0.3) is 0 Å². The van der Waals surface area contributed by atoms with Gasteiger partial charge < -0.3 is 10.1 Å². The summed E-state index contributed by atoms with van der Waals surface area (Å²) >= 11 is 0. The molecule has 0 bridgehead atoms. The van der Waals surface area contributed by atoms with E-state index in [1.807, 2.05) is 32.0 Å². The van der Waals surface area contributed by atoms with Gasteiger partial charge in [0.15, 0.2) is 0 Å². The van der Waals surface area contributed by atoms with E-state index in [-0.39, 0.29) is 5.91 Å². The van der Waals surface area contributed by atoms with E-state index >= 15 is 0 Å². The van der Waals surface area contributed by atoms with E-state index in [1.165, 1.54) is 7.11 Å². The Balaban J connectivity index is 2.95. The number of carbonyl (C=O) groups excluding carboxylic acids is 2. The van der Waals surface area contributed by atoms with Crippen LogP contribution in [-0.2, 0) is 14.3 Å². The van der Waals surface area contributed by atoms with Crippen molar-refractivity contribution in [2.75, 3.05) is 12.4 Å². The Morgan fingerprint density at radius 3 is 2.39 bits per heavy atom. The summed E-state index contributed by atoms with van der Waals surface area (Å²) in [6, 6.07) is 5.65. The van der Waals surface area contributed by atoms with Crippen LogP contribution in [0.15, 0.2) is 18.2 Å². The van der Waals surface area contributed by atoms with Crippen molar-refractivity contribution in [3.63, 3.8) is 0 Å². The summed E-state index contributed by atoms with van der Waals surface area (Å²) in [6.45, 7) is 6.98. The van der Waals surface area contributed by atoms with Crippen molar-refractivity contribution in [2.45, 2.75) is 27.7 Å². The fourth-order valence-corrected chi connectivity index (χ4v) is 1.51. The van der Waals surface area contributed by atoms with Crippen LogP contribution < -0.4 is 5.32 Å². The number of hydrogen-bond acceptors (Lipinski definition) is 3. The van der Waals surface area contributed by atoms with Crippen molar-refractivity contribution in [2.24, 2.45) is 5.41 Å². The number of aryl methyl sites for hydroxylation is 1. The largest absolute Gasteiger partial charge is 0.468 e. The maximum absolute atomic E-state index is 12.1. The molecule has 1 aromatic carbocycles. The highest BCUT2D eigenvalue weighted by molar-refractivity contribution is 6.08. The Bertz CT molecular complexity index is 478. The van der Waals surface area contributed by atoms with Crippen molar-refractivity contribution >= 4 is 17.6 Å². The Kier molecular flexibility index (Phi) is 4.11. The molecule has 4 heteroatoms. The number of rotatable bonds is 3. The SMILES string of the molecule is COC(=O)C(C)(C)C(=O)Nc1cccc(C)c1C. The quantitative estimate of drug-likeness (QED) is 0.661. The zero-order valence-corrected chi connectivity index (χ0v) is 11.5. The molecular weight excluding hydrogens is 230 g/mol. The molecule has 1 aromatic rings. The standard InChI is InChI=1S/C14H19NO3/c1-9-7-6-8-11(10(9)2)15-12(16)14(3,4)13(17)18-5/h6-8H,1-5H3,(H,15,16). The van der Waals surface area contributed by atoms with Gasteiger partial charge in [-0.15, -0.1) is 0 Å². The number of anilines is 1. The molecule has 0 spiro atoms. The molecule has 1 amide bonds. The first-order chi connectivity index (χ1) is 8.30.